The van der Waals surface area contributed by atoms with Crippen LogP contribution in [0.1, 0.15) is 24.1 Å². The van der Waals surface area contributed by atoms with Gasteiger partial charge in [0.25, 0.3) is 11.7 Å². The number of carbonyl (C=O) groups excluding carboxylic acids is 3. The van der Waals surface area contributed by atoms with E-state index in [9.17, 15) is 19.5 Å². The monoisotopic (exact) mass is 428 g/mol. The van der Waals surface area contributed by atoms with Crippen molar-refractivity contribution in [3.8, 4) is 5.75 Å². The van der Waals surface area contributed by atoms with Gasteiger partial charge in [0, 0.05) is 30.6 Å². The Kier molecular flexibility index (Phi) is 6.42. The van der Waals surface area contributed by atoms with E-state index in [4.69, 9.17) is 16.3 Å². The fourth-order valence-electron chi connectivity index (χ4n) is 3.36. The van der Waals surface area contributed by atoms with E-state index in [1.807, 2.05) is 0 Å². The van der Waals surface area contributed by atoms with Crippen LogP contribution in [-0.2, 0) is 14.4 Å². The molecule has 0 bridgehead atoms. The molecule has 2 amide bonds. The Morgan fingerprint density at radius 3 is 2.33 bits per heavy atom. The molecule has 1 aliphatic heterocycles. The Labute approximate surface area is 178 Å². The third-order valence-corrected chi connectivity index (χ3v) is 5.07. The molecule has 0 radical (unpaired) electrons. The number of aliphatic hydroxyl groups excluding tert-OH is 1. The molecule has 0 saturated carbocycles. The molecular weight excluding hydrogens is 408 g/mol. The van der Waals surface area contributed by atoms with E-state index in [1.165, 1.54) is 18.9 Å². The van der Waals surface area contributed by atoms with Gasteiger partial charge in [-0.15, -0.1) is 0 Å². The summed E-state index contributed by atoms with van der Waals surface area (Å²) in [6.07, 6.45) is 0. The smallest absolute Gasteiger partial charge is 0.295 e. The van der Waals surface area contributed by atoms with E-state index in [0.29, 0.717) is 21.9 Å². The SMILES string of the molecule is COc1ccc(C2/C(=C(/O)c3ccc(Cl)cc3)C(=O)C(=O)N2CCNC(C)=O)cc1. The Morgan fingerprint density at radius 1 is 1.13 bits per heavy atom. The van der Waals surface area contributed by atoms with Crippen LogP contribution in [0, 0.1) is 0 Å². The van der Waals surface area contributed by atoms with Crippen LogP contribution in [-0.4, -0.2) is 47.8 Å². The van der Waals surface area contributed by atoms with E-state index in [1.54, 1.807) is 48.5 Å². The second kappa shape index (κ2) is 9.00. The summed E-state index contributed by atoms with van der Waals surface area (Å²) < 4.78 is 5.18. The number of carbonyl (C=O) groups is 3. The highest BCUT2D eigenvalue weighted by Gasteiger charge is 2.45. The van der Waals surface area contributed by atoms with E-state index >= 15 is 0 Å². The fraction of sp³-hybridized carbons (Fsp3) is 0.227. The molecule has 156 valence electrons. The lowest BCUT2D eigenvalue weighted by Gasteiger charge is -2.25. The standard InChI is InChI=1S/C22H21ClN2O5/c1-13(26)24-11-12-25-19(14-5-9-17(30-2)10-6-14)18(21(28)22(25)29)20(27)15-3-7-16(23)8-4-15/h3-10,19,27H,11-12H2,1-2H3,(H,24,26)/b20-18-. The first kappa shape index (κ1) is 21.4. The zero-order valence-electron chi connectivity index (χ0n) is 16.5. The van der Waals surface area contributed by atoms with E-state index in [-0.39, 0.29) is 30.3 Å². The van der Waals surface area contributed by atoms with Gasteiger partial charge >= 0.3 is 0 Å². The number of Topliss-reactive ketones (excluding diaryl/α,β-unsaturated/α-hetero) is 1. The van der Waals surface area contributed by atoms with Crippen molar-refractivity contribution in [2.75, 3.05) is 20.2 Å². The second-order valence-electron chi connectivity index (χ2n) is 6.76. The summed E-state index contributed by atoms with van der Waals surface area (Å²) in [5.74, 6) is -1.43. The molecule has 1 unspecified atom stereocenters. The summed E-state index contributed by atoms with van der Waals surface area (Å²) in [5.41, 5.74) is 0.987. The topological polar surface area (TPSA) is 95.9 Å². The van der Waals surface area contributed by atoms with Crippen molar-refractivity contribution in [3.05, 3.63) is 70.3 Å². The maximum atomic E-state index is 12.9. The van der Waals surface area contributed by atoms with E-state index in [0.717, 1.165) is 0 Å². The normalized spacial score (nSPS) is 17.8. The van der Waals surface area contributed by atoms with Crippen molar-refractivity contribution >= 4 is 35.0 Å². The van der Waals surface area contributed by atoms with Crippen molar-refractivity contribution in [1.29, 1.82) is 0 Å². The Balaban J connectivity index is 2.08. The fourth-order valence-corrected chi connectivity index (χ4v) is 3.49. The third-order valence-electron chi connectivity index (χ3n) is 4.82. The molecule has 2 aromatic carbocycles. The molecule has 1 aliphatic rings. The first-order valence-electron chi connectivity index (χ1n) is 9.26. The number of aliphatic hydroxyl groups is 1. The van der Waals surface area contributed by atoms with Gasteiger partial charge < -0.3 is 20.1 Å². The highest BCUT2D eigenvalue weighted by atomic mass is 35.5. The van der Waals surface area contributed by atoms with Crippen LogP contribution in [0.2, 0.25) is 5.02 Å². The largest absolute Gasteiger partial charge is 0.507 e. The second-order valence-corrected chi connectivity index (χ2v) is 7.19. The minimum Gasteiger partial charge on any atom is -0.507 e. The summed E-state index contributed by atoms with van der Waals surface area (Å²) in [5, 5.41) is 14.0. The van der Waals surface area contributed by atoms with Crippen LogP contribution < -0.4 is 10.1 Å². The number of ketones is 1. The summed E-state index contributed by atoms with van der Waals surface area (Å²) >= 11 is 5.91. The number of ether oxygens (including phenoxy) is 1. The maximum Gasteiger partial charge on any atom is 0.295 e. The van der Waals surface area contributed by atoms with E-state index < -0.39 is 17.7 Å². The zero-order chi connectivity index (χ0) is 21.8. The first-order valence-corrected chi connectivity index (χ1v) is 9.64. The number of nitrogens with one attached hydrogen (secondary N) is 1. The number of methoxy groups -OCH3 is 1. The number of rotatable bonds is 6. The molecular formula is C22H21ClN2O5. The molecule has 0 spiro atoms. The van der Waals surface area contributed by atoms with Gasteiger partial charge in [-0.3, -0.25) is 14.4 Å². The van der Waals surface area contributed by atoms with Crippen LogP contribution in [0.15, 0.2) is 54.1 Å². The minimum absolute atomic E-state index is 0.0182. The van der Waals surface area contributed by atoms with Crippen molar-refractivity contribution in [2.45, 2.75) is 13.0 Å². The molecule has 1 fully saturated rings. The number of hydrogen-bond acceptors (Lipinski definition) is 5. The van der Waals surface area contributed by atoms with Crippen LogP contribution in [0.4, 0.5) is 0 Å². The molecule has 8 heteroatoms. The predicted octanol–water partition coefficient (Wildman–Crippen LogP) is 2.91. The number of amides is 2. The lowest BCUT2D eigenvalue weighted by molar-refractivity contribution is -0.139. The van der Waals surface area contributed by atoms with Gasteiger partial charge in [-0.05, 0) is 42.0 Å². The molecule has 0 aliphatic carbocycles. The number of nitrogens with zero attached hydrogens (tertiary/aromatic N) is 1. The predicted molar refractivity (Wildman–Crippen MR) is 112 cm³/mol. The van der Waals surface area contributed by atoms with Crippen molar-refractivity contribution < 1.29 is 24.2 Å². The zero-order valence-corrected chi connectivity index (χ0v) is 17.3. The summed E-state index contributed by atoms with van der Waals surface area (Å²) in [6.45, 7) is 1.66. The van der Waals surface area contributed by atoms with Gasteiger partial charge in [-0.2, -0.15) is 0 Å². The summed E-state index contributed by atoms with van der Waals surface area (Å²) in [7, 11) is 1.54. The molecule has 1 heterocycles. The van der Waals surface area contributed by atoms with Gasteiger partial charge in [-0.25, -0.2) is 0 Å². The van der Waals surface area contributed by atoms with Crippen LogP contribution >= 0.6 is 11.6 Å². The minimum atomic E-state index is -0.805. The summed E-state index contributed by atoms with van der Waals surface area (Å²) in [4.78, 5) is 38.2. The maximum absolute atomic E-state index is 12.9. The van der Waals surface area contributed by atoms with Gasteiger partial charge in [0.2, 0.25) is 5.91 Å². The Hall–Kier alpha value is -3.32. The molecule has 2 N–H and O–H groups in total. The summed E-state index contributed by atoms with van der Waals surface area (Å²) in [6, 6.07) is 12.4. The van der Waals surface area contributed by atoms with Crippen LogP contribution in [0.5, 0.6) is 5.75 Å². The highest BCUT2D eigenvalue weighted by Crippen LogP contribution is 2.39. The van der Waals surface area contributed by atoms with Gasteiger partial charge in [0.1, 0.15) is 11.5 Å². The lowest BCUT2D eigenvalue weighted by atomic mass is 9.95. The molecule has 1 saturated heterocycles. The first-order chi connectivity index (χ1) is 14.3. The number of benzene rings is 2. The average Bonchev–Trinajstić information content (AvgIpc) is 2.98. The number of hydrogen-bond donors (Lipinski definition) is 2. The third kappa shape index (κ3) is 4.31. The van der Waals surface area contributed by atoms with Gasteiger partial charge in [0.15, 0.2) is 0 Å². The van der Waals surface area contributed by atoms with Crippen LogP contribution in [0.25, 0.3) is 5.76 Å². The van der Waals surface area contributed by atoms with Gasteiger partial charge in [-0.1, -0.05) is 23.7 Å². The molecule has 30 heavy (non-hydrogen) atoms. The molecule has 3 rings (SSSR count). The Bertz CT molecular complexity index is 999. The highest BCUT2D eigenvalue weighted by molar-refractivity contribution is 6.46. The lowest BCUT2D eigenvalue weighted by Crippen LogP contribution is -2.37. The molecule has 7 nitrogen and oxygen atoms in total. The van der Waals surface area contributed by atoms with E-state index in [2.05, 4.69) is 5.32 Å². The van der Waals surface area contributed by atoms with Crippen molar-refractivity contribution in [2.24, 2.45) is 0 Å². The quantitative estimate of drug-likeness (QED) is 0.419. The van der Waals surface area contributed by atoms with Crippen molar-refractivity contribution in [1.82, 2.24) is 10.2 Å². The molecule has 2 aromatic rings. The van der Waals surface area contributed by atoms with Crippen LogP contribution in [0.3, 0.4) is 0 Å². The molecule has 0 aromatic heterocycles. The number of likely N-dealkylation sites (tertiary alicyclic amines) is 1. The average molecular weight is 429 g/mol. The Morgan fingerprint density at radius 2 is 1.77 bits per heavy atom. The number of halogens is 1. The van der Waals surface area contributed by atoms with Crippen molar-refractivity contribution in [3.63, 3.8) is 0 Å². The molecule has 1 atom stereocenters. The van der Waals surface area contributed by atoms with Gasteiger partial charge in [0.05, 0.1) is 18.7 Å².